The van der Waals surface area contributed by atoms with Gasteiger partial charge in [-0.2, -0.15) is 0 Å². The number of fused-ring (bicyclic) bond motifs is 1. The van der Waals surface area contributed by atoms with Gasteiger partial charge in [0.05, 0.1) is 0 Å². The van der Waals surface area contributed by atoms with Gasteiger partial charge in [0.15, 0.2) is 0 Å². The van der Waals surface area contributed by atoms with Crippen molar-refractivity contribution in [3.63, 3.8) is 0 Å². The zero-order valence-electron chi connectivity index (χ0n) is 10.4. The van der Waals surface area contributed by atoms with Crippen LogP contribution in [-0.4, -0.2) is 16.3 Å². The molecule has 0 amide bonds. The summed E-state index contributed by atoms with van der Waals surface area (Å²) in [6.07, 6.45) is -1.69. The Morgan fingerprint density at radius 1 is 1.10 bits per heavy atom. The molecule has 3 nitrogen and oxygen atoms in total. The minimum atomic E-state index is -4.82. The fourth-order valence-corrected chi connectivity index (χ4v) is 2.03. The molecule has 0 atom stereocenters. The van der Waals surface area contributed by atoms with Crippen molar-refractivity contribution in [3.05, 3.63) is 48.5 Å². The second-order valence-electron chi connectivity index (χ2n) is 4.34. The molecule has 0 aliphatic rings. The summed E-state index contributed by atoms with van der Waals surface area (Å²) in [7, 11) is 0. The van der Waals surface area contributed by atoms with E-state index in [0.717, 1.165) is 23.6 Å². The van der Waals surface area contributed by atoms with Crippen molar-refractivity contribution in [2.75, 3.05) is 0 Å². The summed E-state index contributed by atoms with van der Waals surface area (Å²) in [4.78, 5) is 6.85. The normalized spacial score (nSPS) is 11.8. The molecule has 0 spiro atoms. The number of nitrogens with zero attached hydrogens (tertiary/aromatic N) is 1. The number of H-pyrrole nitrogens is 1. The fourth-order valence-electron chi connectivity index (χ4n) is 2.03. The molecule has 3 rings (SSSR count). The van der Waals surface area contributed by atoms with Crippen molar-refractivity contribution in [1.82, 2.24) is 9.97 Å². The molecule has 0 saturated heterocycles. The van der Waals surface area contributed by atoms with Crippen molar-refractivity contribution in [1.29, 1.82) is 0 Å². The predicted octanol–water partition coefficient (Wildman–Crippen LogP) is 4.27. The quantitative estimate of drug-likeness (QED) is 0.717. The van der Waals surface area contributed by atoms with Gasteiger partial charge in [0.1, 0.15) is 11.6 Å². The maximum absolute atomic E-state index is 13.8. The van der Waals surface area contributed by atoms with Crippen LogP contribution < -0.4 is 4.74 Å². The van der Waals surface area contributed by atoms with Crippen LogP contribution in [0.1, 0.15) is 0 Å². The number of nitrogens with one attached hydrogen (secondary N) is 1. The third-order valence-electron chi connectivity index (χ3n) is 2.88. The first-order chi connectivity index (χ1) is 9.92. The van der Waals surface area contributed by atoms with Gasteiger partial charge in [-0.1, -0.05) is 0 Å². The Labute approximate surface area is 116 Å². The number of hydrogen-bond acceptors (Lipinski definition) is 2. The van der Waals surface area contributed by atoms with Crippen LogP contribution in [0.4, 0.5) is 17.6 Å². The lowest BCUT2D eigenvalue weighted by atomic mass is 10.1. The van der Waals surface area contributed by atoms with E-state index in [4.69, 9.17) is 0 Å². The molecular weight excluding hydrogens is 288 g/mol. The van der Waals surface area contributed by atoms with Crippen LogP contribution >= 0.6 is 0 Å². The highest BCUT2D eigenvalue weighted by Crippen LogP contribution is 2.31. The fraction of sp³-hybridized carbons (Fsp3) is 0.0714. The molecule has 108 valence electrons. The number of aromatic amines is 1. The lowest BCUT2D eigenvalue weighted by Crippen LogP contribution is -2.17. The van der Waals surface area contributed by atoms with E-state index >= 15 is 0 Å². The van der Waals surface area contributed by atoms with E-state index in [1.165, 1.54) is 0 Å². The van der Waals surface area contributed by atoms with Gasteiger partial charge < -0.3 is 9.72 Å². The summed E-state index contributed by atoms with van der Waals surface area (Å²) in [5.74, 6) is -1.13. The average molecular weight is 296 g/mol. The Bertz CT molecular complexity index is 762. The Kier molecular flexibility index (Phi) is 3.04. The zero-order valence-corrected chi connectivity index (χ0v) is 10.4. The number of alkyl halides is 3. The first-order valence-corrected chi connectivity index (χ1v) is 5.91. The molecule has 21 heavy (non-hydrogen) atoms. The van der Waals surface area contributed by atoms with Crippen LogP contribution in [0.25, 0.3) is 22.2 Å². The van der Waals surface area contributed by atoms with E-state index in [2.05, 4.69) is 14.7 Å². The van der Waals surface area contributed by atoms with Crippen LogP contribution in [0.3, 0.4) is 0 Å². The predicted molar refractivity (Wildman–Crippen MR) is 68.2 cm³/mol. The zero-order chi connectivity index (χ0) is 15.0. The van der Waals surface area contributed by atoms with Crippen LogP contribution in [-0.2, 0) is 0 Å². The smallest absolute Gasteiger partial charge is 0.406 e. The van der Waals surface area contributed by atoms with Crippen molar-refractivity contribution < 1.29 is 22.3 Å². The molecule has 3 aromatic rings. The highest BCUT2D eigenvalue weighted by atomic mass is 19.4. The summed E-state index contributed by atoms with van der Waals surface area (Å²) in [6, 6.07) is 6.16. The van der Waals surface area contributed by atoms with E-state index in [1.807, 2.05) is 0 Å². The van der Waals surface area contributed by atoms with Crippen molar-refractivity contribution in [3.8, 4) is 17.0 Å². The number of benzene rings is 1. The molecule has 0 unspecified atom stereocenters. The summed E-state index contributed by atoms with van der Waals surface area (Å²) in [6.45, 7) is 0. The van der Waals surface area contributed by atoms with E-state index < -0.39 is 17.9 Å². The summed E-state index contributed by atoms with van der Waals surface area (Å²) in [5, 5.41) is 0.731. The topological polar surface area (TPSA) is 37.9 Å². The Morgan fingerprint density at radius 3 is 2.62 bits per heavy atom. The largest absolute Gasteiger partial charge is 0.573 e. The standard InChI is InChI=1S/C14H8F4N2O/c15-11-2-1-9(21-14(16,17)18)6-10(11)13-5-8-7-19-4-3-12(8)20-13/h1-7,20H. The third-order valence-corrected chi connectivity index (χ3v) is 2.88. The first kappa shape index (κ1) is 13.4. The van der Waals surface area contributed by atoms with Gasteiger partial charge in [-0.3, -0.25) is 4.98 Å². The van der Waals surface area contributed by atoms with Gasteiger partial charge in [-0.25, -0.2) is 4.39 Å². The third kappa shape index (κ3) is 2.81. The van der Waals surface area contributed by atoms with Gasteiger partial charge in [-0.05, 0) is 30.3 Å². The number of halogens is 4. The van der Waals surface area contributed by atoms with Crippen LogP contribution in [0.2, 0.25) is 0 Å². The lowest BCUT2D eigenvalue weighted by molar-refractivity contribution is -0.274. The average Bonchev–Trinajstić information content (AvgIpc) is 2.83. The highest BCUT2D eigenvalue weighted by molar-refractivity contribution is 5.85. The second kappa shape index (κ2) is 4.76. The molecule has 0 saturated carbocycles. The van der Waals surface area contributed by atoms with Gasteiger partial charge >= 0.3 is 6.36 Å². The molecule has 0 aliphatic heterocycles. The Morgan fingerprint density at radius 2 is 1.90 bits per heavy atom. The van der Waals surface area contributed by atoms with Gasteiger partial charge in [-0.15, -0.1) is 13.2 Å². The molecule has 1 N–H and O–H groups in total. The molecule has 0 bridgehead atoms. The van der Waals surface area contributed by atoms with Crippen LogP contribution in [0, 0.1) is 5.82 Å². The maximum Gasteiger partial charge on any atom is 0.573 e. The number of aromatic nitrogens is 2. The molecule has 0 fully saturated rings. The SMILES string of the molecule is Fc1ccc(OC(F)(F)F)cc1-c1cc2cnccc2[nH]1. The highest BCUT2D eigenvalue weighted by Gasteiger charge is 2.31. The number of ether oxygens (including phenoxy) is 1. The van der Waals surface area contributed by atoms with Crippen molar-refractivity contribution in [2.45, 2.75) is 6.36 Å². The van der Waals surface area contributed by atoms with E-state index in [9.17, 15) is 17.6 Å². The Hall–Kier alpha value is -2.57. The number of pyridine rings is 1. The minimum absolute atomic E-state index is 0.00653. The van der Waals surface area contributed by atoms with Crippen LogP contribution in [0.15, 0.2) is 42.7 Å². The molecule has 0 aliphatic carbocycles. The van der Waals surface area contributed by atoms with E-state index in [-0.39, 0.29) is 5.56 Å². The minimum Gasteiger partial charge on any atom is -0.406 e. The van der Waals surface area contributed by atoms with Crippen molar-refractivity contribution >= 4 is 10.9 Å². The van der Waals surface area contributed by atoms with Crippen molar-refractivity contribution in [2.24, 2.45) is 0 Å². The summed E-state index contributed by atoms with van der Waals surface area (Å²) >= 11 is 0. The molecular formula is C14H8F4N2O. The van der Waals surface area contributed by atoms with Gasteiger partial charge in [0.2, 0.25) is 0 Å². The molecule has 7 heteroatoms. The lowest BCUT2D eigenvalue weighted by Gasteiger charge is -2.10. The maximum atomic E-state index is 13.8. The monoisotopic (exact) mass is 296 g/mol. The molecule has 0 radical (unpaired) electrons. The first-order valence-electron chi connectivity index (χ1n) is 5.91. The summed E-state index contributed by atoms with van der Waals surface area (Å²) in [5.41, 5.74) is 1.05. The van der Waals surface area contributed by atoms with Gasteiger partial charge in [0.25, 0.3) is 0 Å². The molecule has 2 aromatic heterocycles. The number of hydrogen-bond donors (Lipinski definition) is 1. The van der Waals surface area contributed by atoms with E-state index in [1.54, 1.807) is 24.5 Å². The number of rotatable bonds is 2. The second-order valence-corrected chi connectivity index (χ2v) is 4.34. The van der Waals surface area contributed by atoms with Gasteiger partial charge in [0, 0.05) is 34.6 Å². The Balaban J connectivity index is 2.06. The molecule has 1 aromatic carbocycles. The molecule has 2 heterocycles. The van der Waals surface area contributed by atoms with Crippen LogP contribution in [0.5, 0.6) is 5.75 Å². The van der Waals surface area contributed by atoms with E-state index in [0.29, 0.717) is 11.2 Å². The summed E-state index contributed by atoms with van der Waals surface area (Å²) < 4.78 is 54.3.